The Morgan fingerprint density at radius 2 is 1.19 bits per heavy atom. The van der Waals surface area contributed by atoms with E-state index in [1.54, 1.807) is 0 Å². The number of hydrogen-bond acceptors (Lipinski definition) is 3. The molecule has 0 saturated heterocycles. The molecule has 0 fully saturated rings. The maximum atomic E-state index is 8.16. The summed E-state index contributed by atoms with van der Waals surface area (Å²) in [5, 5.41) is 0. The molecule has 98 valence electrons. The first-order valence-electron chi connectivity index (χ1n) is 16.9. The van der Waals surface area contributed by atoms with Gasteiger partial charge in [-0.3, -0.25) is 0 Å². The van der Waals surface area contributed by atoms with Crippen LogP contribution in [0.1, 0.15) is 95.8 Å². The minimum atomic E-state index is -4.05. The van der Waals surface area contributed by atoms with Gasteiger partial charge in [-0.15, -0.1) is 34.1 Å². The van der Waals surface area contributed by atoms with E-state index < -0.39 is 116 Å². The molecular weight excluding hydrogens is 271 g/mol. The third kappa shape index (κ3) is 12.0. The first-order chi connectivity index (χ1) is 18.0. The topological polar surface area (TPSA) is 0 Å². The number of rotatable bonds is 12. The summed E-state index contributed by atoms with van der Waals surface area (Å²) in [6.45, 7) is -11.5. The van der Waals surface area contributed by atoms with Crippen LogP contribution in [0.2, 0.25) is 0 Å². The van der Waals surface area contributed by atoms with Crippen LogP contribution in [0.25, 0.3) is 0 Å². The van der Waals surface area contributed by atoms with Crippen LogP contribution in [0.15, 0.2) is 0 Å². The smallest absolute Gasteiger partial charge is 0.0729 e. The molecule has 0 aromatic carbocycles. The van der Waals surface area contributed by atoms with E-state index in [1.807, 2.05) is 0 Å². The molecule has 0 unspecified atom stereocenters. The lowest BCUT2D eigenvalue weighted by Gasteiger charge is -2.14. The van der Waals surface area contributed by atoms with Gasteiger partial charge in [-0.2, -0.15) is 0 Å². The van der Waals surface area contributed by atoms with Gasteiger partial charge >= 0.3 is 0 Å². The largest absolute Gasteiger partial charge is 0.112 e. The van der Waals surface area contributed by atoms with Crippen molar-refractivity contribution in [3.8, 4) is 0 Å². The molecule has 0 atom stereocenters. The van der Waals surface area contributed by atoms with Crippen molar-refractivity contribution < 1.29 is 37.0 Å². The summed E-state index contributed by atoms with van der Waals surface area (Å²) in [5.74, 6) is 0. The van der Waals surface area contributed by atoms with Crippen LogP contribution in [0.5, 0.6) is 0 Å². The van der Waals surface area contributed by atoms with Crippen molar-refractivity contribution in [3.05, 3.63) is 0 Å². The molecule has 0 heterocycles. The summed E-state index contributed by atoms with van der Waals surface area (Å²) in [5.41, 5.74) is -14.8. The lowest BCUT2D eigenvalue weighted by molar-refractivity contribution is 0.897. The second kappa shape index (κ2) is 14.5. The van der Waals surface area contributed by atoms with Crippen LogP contribution in [-0.4, -0.2) is 17.1 Å². The predicted octanol–water partition coefficient (Wildman–Crippen LogP) is 6.81. The first-order valence-corrected chi connectivity index (χ1v) is 9.02. The van der Waals surface area contributed by atoms with Crippen molar-refractivity contribution >= 4 is 39.7 Å². The van der Waals surface area contributed by atoms with Gasteiger partial charge in [0.25, 0.3) is 0 Å². The maximum Gasteiger partial charge on any atom is 0.0729 e. The Labute approximate surface area is 154 Å². The predicted molar refractivity (Wildman–Crippen MR) is 89.0 cm³/mol. The van der Waals surface area contributed by atoms with Gasteiger partial charge < -0.3 is 0 Å². The fraction of sp³-hybridized carbons (Fsp3) is 1.00. The van der Waals surface area contributed by atoms with Crippen LogP contribution < -0.4 is 0 Å². The molecule has 0 aromatic rings. The Bertz CT molecular complexity index is 850. The monoisotopic (exact) mass is 325 g/mol. The van der Waals surface area contributed by atoms with Crippen molar-refractivity contribution in [3.63, 3.8) is 0 Å². The highest BCUT2D eigenvalue weighted by molar-refractivity contribution is 9.12. The summed E-state index contributed by atoms with van der Waals surface area (Å²) in [6.07, 6.45) is -24.1. The molecule has 0 bridgehead atoms. The second-order valence-corrected chi connectivity index (χ2v) is 10.2. The molecule has 0 aliphatic rings. The molecular formula is C12H27PS3. The van der Waals surface area contributed by atoms with Gasteiger partial charge in [-0.25, -0.2) is 0 Å². The molecule has 0 nitrogen and oxygen atoms in total. The summed E-state index contributed by atoms with van der Waals surface area (Å²) in [4.78, 5) is 0. The summed E-state index contributed by atoms with van der Waals surface area (Å²) >= 11 is -1.68. The summed E-state index contributed by atoms with van der Waals surface area (Å²) in [6, 6.07) is 0. The Balaban J connectivity index is 7.23. The van der Waals surface area contributed by atoms with Gasteiger partial charge in [-0.05, 0) is 36.2 Å². The fourth-order valence-corrected chi connectivity index (χ4v) is 5.37. The van der Waals surface area contributed by atoms with Crippen LogP contribution in [0, 0.1) is 0 Å². The molecule has 16 heavy (non-hydrogen) atoms. The van der Waals surface area contributed by atoms with E-state index in [2.05, 4.69) is 0 Å². The highest BCUT2D eigenvalue weighted by Crippen LogP contribution is 2.70. The van der Waals surface area contributed by atoms with E-state index in [0.717, 1.165) is 0 Å². The zero-order valence-corrected chi connectivity index (χ0v) is 11.0. The van der Waals surface area contributed by atoms with Crippen LogP contribution in [0.4, 0.5) is 0 Å². The van der Waals surface area contributed by atoms with E-state index in [1.165, 1.54) is 0 Å². The van der Waals surface area contributed by atoms with Crippen LogP contribution in [0.3, 0.4) is 0 Å². The minimum Gasteiger partial charge on any atom is -0.112 e. The van der Waals surface area contributed by atoms with Crippen LogP contribution >= 0.6 is 39.7 Å². The Hall–Kier alpha value is 1.48. The standard InChI is InChI=1S/C12H27PS3/c1-4-7-10-14-13(15-11-8-5-2)16-12-9-6-3/h4-12H2,1-3H3/i1D3,2D3,3D3,4D2,5D2,6D2,7D2,8D2,9D2,10D2,11D2,12D2. The van der Waals surface area contributed by atoms with Crippen LogP contribution in [-0.2, 0) is 0 Å². The Morgan fingerprint density at radius 1 is 0.812 bits per heavy atom. The third-order valence-electron chi connectivity index (χ3n) is 0.701. The summed E-state index contributed by atoms with van der Waals surface area (Å²) < 4.78 is 209. The molecule has 0 aromatic heterocycles. The van der Waals surface area contributed by atoms with Crippen molar-refractivity contribution in [1.82, 2.24) is 0 Å². The molecule has 0 N–H and O–H groups in total. The average molecular weight is 326 g/mol. The molecule has 0 amide bonds. The van der Waals surface area contributed by atoms with Gasteiger partial charge in [0.05, 0.1) is 5.53 Å². The molecule has 0 spiro atoms. The van der Waals surface area contributed by atoms with Gasteiger partial charge in [0.15, 0.2) is 0 Å². The van der Waals surface area contributed by atoms with Gasteiger partial charge in [-0.1, -0.05) is 39.7 Å². The lowest BCUT2D eigenvalue weighted by atomic mass is 10.4. The first kappa shape index (κ1) is 2.51. The van der Waals surface area contributed by atoms with E-state index in [9.17, 15) is 0 Å². The molecule has 4 heteroatoms. The number of hydrogen-bond donors (Lipinski definition) is 0. The minimum absolute atomic E-state index is 0.561. The molecule has 0 aliphatic carbocycles. The van der Waals surface area contributed by atoms with Gasteiger partial charge in [0.1, 0.15) is 0 Å². The van der Waals surface area contributed by atoms with Crippen molar-refractivity contribution in [2.24, 2.45) is 0 Å². The van der Waals surface area contributed by atoms with Gasteiger partial charge in [0.2, 0.25) is 0 Å². The molecule has 0 rings (SSSR count). The maximum absolute atomic E-state index is 8.16. The highest BCUT2D eigenvalue weighted by atomic mass is 33.4. The average Bonchev–Trinajstić information content (AvgIpc) is 2.69. The third-order valence-corrected chi connectivity index (χ3v) is 7.92. The fourth-order valence-electron chi connectivity index (χ4n) is 0.313. The SMILES string of the molecule is [2H]C([2H])([2H])C([2H])([2H])C([2H])([2H])C([2H])([2H])SP(SC([2H])([2H])C([2H])([2H])C([2H])([2H])C([2H])([2H])[2H])SC([2H])([2H])C([2H])([2H])C([2H])([2H])C([2H])([2H])[2H]. The zero-order valence-electron chi connectivity index (χ0n) is 34.7. The van der Waals surface area contributed by atoms with Crippen molar-refractivity contribution in [1.29, 1.82) is 0 Å². The highest BCUT2D eigenvalue weighted by Gasteiger charge is 2.09. The van der Waals surface area contributed by atoms with E-state index in [0.29, 0.717) is 0 Å². The van der Waals surface area contributed by atoms with E-state index in [4.69, 9.17) is 37.0 Å². The normalized spacial score (nSPS) is 46.7. The molecule has 0 saturated carbocycles. The zero-order chi connectivity index (χ0) is 35.7. The quantitative estimate of drug-likeness (QED) is 0.362. The van der Waals surface area contributed by atoms with Crippen molar-refractivity contribution in [2.45, 2.75) is 58.8 Å². The Kier molecular flexibility index (Phi) is 2.28. The van der Waals surface area contributed by atoms with E-state index >= 15 is 0 Å². The molecule has 0 radical (unpaired) electrons. The van der Waals surface area contributed by atoms with Gasteiger partial charge in [0, 0.05) is 37.0 Å². The lowest BCUT2D eigenvalue weighted by Crippen LogP contribution is -1.79. The summed E-state index contributed by atoms with van der Waals surface area (Å²) in [7, 11) is 0. The second-order valence-electron chi connectivity index (χ2n) is 1.55. The van der Waals surface area contributed by atoms with E-state index in [-0.39, 0.29) is 0 Å². The Morgan fingerprint density at radius 3 is 1.50 bits per heavy atom. The van der Waals surface area contributed by atoms with Crippen molar-refractivity contribution in [2.75, 3.05) is 17.1 Å². The molecule has 0 aliphatic heterocycles.